The van der Waals surface area contributed by atoms with E-state index in [0.29, 0.717) is 0 Å². The molecular formula is C18H36NZr-11. The van der Waals surface area contributed by atoms with E-state index in [1.807, 2.05) is 30.5 Å². The van der Waals surface area contributed by atoms with Gasteiger partial charge in [-0.2, -0.15) is 24.4 Å². The third kappa shape index (κ3) is 52.6. The molecule has 128 valence electrons. The average Bonchev–Trinajstić information content (AvgIpc) is 2.67. The van der Waals surface area contributed by atoms with Gasteiger partial charge in [0.1, 0.15) is 0 Å². The minimum Gasteiger partial charge on any atom is -0.484 e. The largest absolute Gasteiger partial charge is 0.484 e. The molecule has 1 N–H and O–H groups in total. The molecule has 1 aromatic heterocycles. The standard InChI is InChI=1S/C5H5.C4H4N.9CH3.Zr/c2*1-2-4-5-3-1;;;;;;;;;;/h1-3H,4H2;1-3,5H;9*1H3;/q11*-1;. The predicted octanol–water partition coefficient (Wildman–Crippen LogP) is 6.17. The molecule has 0 unspecified atom stereocenters. The first-order valence-electron chi connectivity index (χ1n) is 3.21. The Labute approximate surface area is 153 Å². The molecular weight excluding hydrogens is 321 g/mol. The number of rotatable bonds is 0. The number of allylic oxidation sites excluding steroid dienone is 4. The molecule has 2 heteroatoms. The summed E-state index contributed by atoms with van der Waals surface area (Å²) in [6.45, 7) is 0. The number of hydrogen-bond donors (Lipinski definition) is 1. The molecule has 0 spiro atoms. The monoisotopic (exact) mass is 356 g/mol. The van der Waals surface area contributed by atoms with Gasteiger partial charge < -0.3 is 71.8 Å². The second-order valence-electron chi connectivity index (χ2n) is 1.82. The predicted molar refractivity (Wildman–Crippen MR) is 98.9 cm³/mol. The van der Waals surface area contributed by atoms with Crippen molar-refractivity contribution >= 4 is 0 Å². The SMILES string of the molecule is [C-]1=CC=CC1.[CH3-].[CH3-].[CH3-].[CH3-].[CH3-].[CH3-].[CH3-].[CH3-].[CH3-].[Zr].[c-]1ccc[nH]1. The van der Waals surface area contributed by atoms with E-state index in [2.05, 4.69) is 23.3 Å². The molecule has 0 saturated heterocycles. The van der Waals surface area contributed by atoms with Crippen molar-refractivity contribution < 1.29 is 26.2 Å². The number of hydrogen-bond acceptors (Lipinski definition) is 0. The minimum absolute atomic E-state index is 0. The number of aromatic nitrogens is 1. The molecule has 0 amide bonds. The molecule has 0 bridgehead atoms. The maximum absolute atomic E-state index is 2.99. The molecule has 1 heterocycles. The summed E-state index contributed by atoms with van der Waals surface area (Å²) in [6, 6.07) is 3.71. The van der Waals surface area contributed by atoms with E-state index in [4.69, 9.17) is 0 Å². The van der Waals surface area contributed by atoms with Gasteiger partial charge >= 0.3 is 0 Å². The third-order valence-electron chi connectivity index (χ3n) is 1.03. The normalized spacial score (nSPS) is 6.40. The Morgan fingerprint density at radius 3 is 1.40 bits per heavy atom. The Balaban J connectivity index is -0.00000000833. The van der Waals surface area contributed by atoms with E-state index >= 15 is 0 Å². The summed E-state index contributed by atoms with van der Waals surface area (Å²) < 4.78 is 0. The van der Waals surface area contributed by atoms with Crippen molar-refractivity contribution in [1.29, 1.82) is 0 Å². The van der Waals surface area contributed by atoms with Crippen LogP contribution in [-0.4, -0.2) is 4.98 Å². The number of nitrogens with one attached hydrogen (secondary N) is 1. The van der Waals surface area contributed by atoms with Crippen molar-refractivity contribution in [2.75, 3.05) is 0 Å². The van der Waals surface area contributed by atoms with Gasteiger partial charge in [-0.05, 0) is 0 Å². The van der Waals surface area contributed by atoms with Crippen LogP contribution in [-0.2, 0) is 26.2 Å². The second kappa shape index (κ2) is 62.4. The molecule has 0 aliphatic heterocycles. The van der Waals surface area contributed by atoms with E-state index < -0.39 is 0 Å². The summed E-state index contributed by atoms with van der Waals surface area (Å²) in [5.74, 6) is 0. The van der Waals surface area contributed by atoms with Crippen molar-refractivity contribution in [2.24, 2.45) is 0 Å². The van der Waals surface area contributed by atoms with Crippen molar-refractivity contribution in [3.63, 3.8) is 0 Å². The Morgan fingerprint density at radius 1 is 0.800 bits per heavy atom. The van der Waals surface area contributed by atoms with Crippen LogP contribution in [0.2, 0.25) is 0 Å². The molecule has 1 aromatic rings. The molecule has 1 aliphatic rings. The van der Waals surface area contributed by atoms with E-state index in [1.54, 1.807) is 0 Å². The van der Waals surface area contributed by atoms with E-state index in [0.717, 1.165) is 6.42 Å². The molecule has 0 fully saturated rings. The zero-order valence-corrected chi connectivity index (χ0v) is 17.6. The fraction of sp³-hybridized carbons (Fsp3) is 0.0556. The van der Waals surface area contributed by atoms with Gasteiger partial charge in [-0.1, -0.05) is 0 Å². The average molecular weight is 358 g/mol. The van der Waals surface area contributed by atoms with Crippen LogP contribution >= 0.6 is 0 Å². The minimum atomic E-state index is 0. The van der Waals surface area contributed by atoms with Crippen molar-refractivity contribution in [3.05, 3.63) is 116 Å². The van der Waals surface area contributed by atoms with Gasteiger partial charge in [-0.3, -0.25) is 6.08 Å². The van der Waals surface area contributed by atoms with Gasteiger partial charge in [0.2, 0.25) is 0 Å². The maximum atomic E-state index is 2.99. The fourth-order valence-electron chi connectivity index (χ4n) is 0.581. The van der Waals surface area contributed by atoms with E-state index in [9.17, 15) is 0 Å². The van der Waals surface area contributed by atoms with Gasteiger partial charge in [-0.15, -0.1) is 12.6 Å². The van der Waals surface area contributed by atoms with Crippen LogP contribution in [0.25, 0.3) is 0 Å². The first kappa shape index (κ1) is 73.4. The first-order valence-corrected chi connectivity index (χ1v) is 3.21. The molecule has 1 aliphatic carbocycles. The van der Waals surface area contributed by atoms with Crippen LogP contribution in [0.5, 0.6) is 0 Å². The molecule has 0 saturated carbocycles. The summed E-state index contributed by atoms with van der Waals surface area (Å²) in [4.78, 5) is 2.74. The van der Waals surface area contributed by atoms with Crippen LogP contribution in [0, 0.1) is 79.1 Å². The van der Waals surface area contributed by atoms with Crippen molar-refractivity contribution in [1.82, 2.24) is 4.98 Å². The van der Waals surface area contributed by atoms with Crippen LogP contribution in [0.3, 0.4) is 0 Å². The Morgan fingerprint density at radius 2 is 1.30 bits per heavy atom. The maximum Gasteiger partial charge on any atom is 0 e. The summed E-state index contributed by atoms with van der Waals surface area (Å²) in [6.07, 6.45) is 14.6. The summed E-state index contributed by atoms with van der Waals surface area (Å²) >= 11 is 0. The quantitative estimate of drug-likeness (QED) is 0.534. The van der Waals surface area contributed by atoms with Crippen molar-refractivity contribution in [3.8, 4) is 0 Å². The molecule has 2 rings (SSSR count). The topological polar surface area (TPSA) is 15.8 Å². The molecule has 20 heavy (non-hydrogen) atoms. The summed E-state index contributed by atoms with van der Waals surface area (Å²) in [5, 5.41) is 0. The second-order valence-corrected chi connectivity index (χ2v) is 1.82. The zero-order chi connectivity index (χ0) is 7.07. The Hall–Kier alpha value is -0.357. The molecule has 1 nitrogen and oxygen atoms in total. The van der Waals surface area contributed by atoms with Gasteiger partial charge in [0.15, 0.2) is 0 Å². The van der Waals surface area contributed by atoms with Gasteiger partial charge in [0, 0.05) is 26.2 Å². The van der Waals surface area contributed by atoms with Crippen LogP contribution in [0.15, 0.2) is 36.6 Å². The third-order valence-corrected chi connectivity index (χ3v) is 1.03. The van der Waals surface area contributed by atoms with E-state index in [1.165, 1.54) is 0 Å². The van der Waals surface area contributed by atoms with Gasteiger partial charge in [0.25, 0.3) is 0 Å². The zero-order valence-electron chi connectivity index (χ0n) is 15.2. The summed E-state index contributed by atoms with van der Waals surface area (Å²) in [5.41, 5.74) is 0. The number of aromatic amines is 1. The first-order chi connectivity index (χ1) is 5.00. The van der Waals surface area contributed by atoms with Crippen molar-refractivity contribution in [2.45, 2.75) is 6.42 Å². The van der Waals surface area contributed by atoms with Crippen LogP contribution in [0.4, 0.5) is 0 Å². The van der Waals surface area contributed by atoms with Crippen LogP contribution < -0.4 is 0 Å². The summed E-state index contributed by atoms with van der Waals surface area (Å²) in [7, 11) is 0. The van der Waals surface area contributed by atoms with Crippen LogP contribution in [0.1, 0.15) is 6.42 Å². The molecule has 0 radical (unpaired) electrons. The Bertz CT molecular complexity index is 174. The van der Waals surface area contributed by atoms with E-state index in [-0.39, 0.29) is 93.0 Å². The fourth-order valence-corrected chi connectivity index (χ4v) is 0.581. The number of H-pyrrole nitrogens is 1. The van der Waals surface area contributed by atoms with Gasteiger partial charge in [0.05, 0.1) is 0 Å². The molecule has 0 aromatic carbocycles. The van der Waals surface area contributed by atoms with Gasteiger partial charge in [-0.25, -0.2) is 12.2 Å². The smallest absolute Gasteiger partial charge is 0 e. The molecule has 0 atom stereocenters. The Kier molecular flexibility index (Phi) is 229.